The Labute approximate surface area is 115 Å². The van der Waals surface area contributed by atoms with Crippen LogP contribution in [-0.4, -0.2) is 32.9 Å². The summed E-state index contributed by atoms with van der Waals surface area (Å²) in [7, 11) is 0. The summed E-state index contributed by atoms with van der Waals surface area (Å²) in [4.78, 5) is 12.3. The zero-order chi connectivity index (χ0) is 14.6. The van der Waals surface area contributed by atoms with E-state index in [1.807, 2.05) is 25.5 Å². The quantitative estimate of drug-likeness (QED) is 0.826. The van der Waals surface area contributed by atoms with E-state index in [9.17, 15) is 9.90 Å². The Morgan fingerprint density at radius 3 is 2.53 bits per heavy atom. The highest BCUT2D eigenvalue weighted by Gasteiger charge is 2.22. The van der Waals surface area contributed by atoms with Gasteiger partial charge in [-0.05, 0) is 33.6 Å². The standard InChI is InChI=1S/C14H25N3O2/c1-6-8-17-10(4)13(9(3)16-17)14(19)15-12(7-2)11(5)18/h11-12,18H,6-8H2,1-5H3,(H,15,19). The number of aromatic nitrogens is 2. The number of nitrogens with one attached hydrogen (secondary N) is 1. The highest BCUT2D eigenvalue weighted by atomic mass is 16.3. The molecule has 5 heteroatoms. The smallest absolute Gasteiger partial charge is 0.255 e. The van der Waals surface area contributed by atoms with Crippen molar-refractivity contribution in [3.05, 3.63) is 17.0 Å². The summed E-state index contributed by atoms with van der Waals surface area (Å²) in [5, 5.41) is 16.9. The van der Waals surface area contributed by atoms with Gasteiger partial charge in [0.2, 0.25) is 0 Å². The predicted molar refractivity (Wildman–Crippen MR) is 75.2 cm³/mol. The second-order valence-corrected chi connectivity index (χ2v) is 5.00. The number of rotatable bonds is 6. The molecule has 1 rings (SSSR count). The third-order valence-electron chi connectivity index (χ3n) is 3.38. The summed E-state index contributed by atoms with van der Waals surface area (Å²) in [6.07, 6.45) is 1.12. The fraction of sp³-hybridized carbons (Fsp3) is 0.714. The van der Waals surface area contributed by atoms with Gasteiger partial charge in [-0.25, -0.2) is 0 Å². The molecule has 0 aliphatic heterocycles. The molecule has 0 aliphatic rings. The number of hydrogen-bond acceptors (Lipinski definition) is 3. The van der Waals surface area contributed by atoms with Gasteiger partial charge in [-0.2, -0.15) is 5.10 Å². The van der Waals surface area contributed by atoms with Crippen molar-refractivity contribution >= 4 is 5.91 Å². The lowest BCUT2D eigenvalue weighted by Gasteiger charge is -2.19. The highest BCUT2D eigenvalue weighted by molar-refractivity contribution is 5.96. The first-order chi connectivity index (χ1) is 8.92. The molecular formula is C14H25N3O2. The van der Waals surface area contributed by atoms with Gasteiger partial charge < -0.3 is 10.4 Å². The zero-order valence-electron chi connectivity index (χ0n) is 12.5. The Bertz CT molecular complexity index is 438. The number of carbonyl (C=O) groups excluding carboxylic acids is 1. The van der Waals surface area contributed by atoms with Gasteiger partial charge in [-0.1, -0.05) is 13.8 Å². The van der Waals surface area contributed by atoms with Gasteiger partial charge in [0.05, 0.1) is 23.4 Å². The third-order valence-corrected chi connectivity index (χ3v) is 3.38. The van der Waals surface area contributed by atoms with Crippen LogP contribution >= 0.6 is 0 Å². The van der Waals surface area contributed by atoms with Gasteiger partial charge in [0.1, 0.15) is 0 Å². The molecule has 0 saturated heterocycles. The molecule has 1 amide bonds. The number of aliphatic hydroxyl groups excluding tert-OH is 1. The van der Waals surface area contributed by atoms with Crippen molar-refractivity contribution < 1.29 is 9.90 Å². The van der Waals surface area contributed by atoms with Gasteiger partial charge in [0, 0.05) is 12.2 Å². The minimum atomic E-state index is -0.555. The molecule has 5 nitrogen and oxygen atoms in total. The lowest BCUT2D eigenvalue weighted by atomic mass is 10.1. The Morgan fingerprint density at radius 1 is 1.42 bits per heavy atom. The van der Waals surface area contributed by atoms with Crippen molar-refractivity contribution in [3.8, 4) is 0 Å². The summed E-state index contributed by atoms with van der Waals surface area (Å²) < 4.78 is 1.87. The third kappa shape index (κ3) is 3.56. The van der Waals surface area contributed by atoms with Gasteiger partial charge in [-0.15, -0.1) is 0 Å². The molecule has 0 bridgehead atoms. The van der Waals surface area contributed by atoms with Crippen LogP contribution in [0.5, 0.6) is 0 Å². The zero-order valence-corrected chi connectivity index (χ0v) is 12.5. The van der Waals surface area contributed by atoms with Gasteiger partial charge in [0.25, 0.3) is 5.91 Å². The van der Waals surface area contributed by atoms with E-state index in [4.69, 9.17) is 0 Å². The molecular weight excluding hydrogens is 242 g/mol. The fourth-order valence-corrected chi connectivity index (χ4v) is 2.26. The SMILES string of the molecule is CCCn1nc(C)c(C(=O)NC(CC)C(C)O)c1C. The molecule has 2 atom stereocenters. The molecule has 0 aliphatic carbocycles. The number of nitrogens with zero attached hydrogens (tertiary/aromatic N) is 2. The maximum Gasteiger partial charge on any atom is 0.255 e. The molecule has 108 valence electrons. The van der Waals surface area contributed by atoms with Crippen molar-refractivity contribution in [2.45, 2.75) is 66.2 Å². The number of aryl methyl sites for hydroxylation is 2. The van der Waals surface area contributed by atoms with Gasteiger partial charge in [0.15, 0.2) is 0 Å². The van der Waals surface area contributed by atoms with E-state index in [1.54, 1.807) is 6.92 Å². The minimum absolute atomic E-state index is 0.148. The van der Waals surface area contributed by atoms with Crippen LogP contribution in [0.4, 0.5) is 0 Å². The molecule has 1 aromatic heterocycles. The van der Waals surface area contributed by atoms with Crippen LogP contribution in [0.15, 0.2) is 0 Å². The van der Waals surface area contributed by atoms with E-state index in [-0.39, 0.29) is 11.9 Å². The van der Waals surface area contributed by atoms with Crippen molar-refractivity contribution in [1.29, 1.82) is 0 Å². The van der Waals surface area contributed by atoms with Crippen LogP contribution in [0.3, 0.4) is 0 Å². The van der Waals surface area contributed by atoms with E-state index < -0.39 is 6.10 Å². The first kappa shape index (κ1) is 15.7. The maximum atomic E-state index is 12.3. The molecule has 0 saturated carbocycles. The largest absolute Gasteiger partial charge is 0.391 e. The van der Waals surface area contributed by atoms with Crippen LogP contribution in [0.25, 0.3) is 0 Å². The predicted octanol–water partition coefficient (Wildman–Crippen LogP) is 1.80. The van der Waals surface area contributed by atoms with Crippen molar-refractivity contribution in [3.63, 3.8) is 0 Å². The minimum Gasteiger partial charge on any atom is -0.391 e. The summed E-state index contributed by atoms with van der Waals surface area (Å²) in [6, 6.07) is -0.221. The second kappa shape index (κ2) is 6.70. The van der Waals surface area contributed by atoms with Crippen LogP contribution in [0.1, 0.15) is 55.4 Å². The number of aliphatic hydroxyl groups is 1. The van der Waals surface area contributed by atoms with Crippen LogP contribution in [-0.2, 0) is 6.54 Å². The summed E-state index contributed by atoms with van der Waals surface area (Å²) in [5.41, 5.74) is 2.26. The van der Waals surface area contributed by atoms with E-state index in [0.717, 1.165) is 24.4 Å². The average Bonchev–Trinajstić information content (AvgIpc) is 2.61. The first-order valence-corrected chi connectivity index (χ1v) is 6.95. The van der Waals surface area contributed by atoms with Crippen LogP contribution in [0, 0.1) is 13.8 Å². The summed E-state index contributed by atoms with van der Waals surface area (Å²) in [6.45, 7) is 10.3. The van der Waals surface area contributed by atoms with Crippen LogP contribution in [0.2, 0.25) is 0 Å². The topological polar surface area (TPSA) is 67.2 Å². The Kier molecular flexibility index (Phi) is 5.54. The fourth-order valence-electron chi connectivity index (χ4n) is 2.26. The molecule has 0 radical (unpaired) electrons. The summed E-state index contributed by atoms with van der Waals surface area (Å²) >= 11 is 0. The van der Waals surface area contributed by atoms with Crippen molar-refractivity contribution in [2.75, 3.05) is 0 Å². The Hall–Kier alpha value is -1.36. The number of amides is 1. The molecule has 0 aromatic carbocycles. The highest BCUT2D eigenvalue weighted by Crippen LogP contribution is 2.14. The lowest BCUT2D eigenvalue weighted by Crippen LogP contribution is -2.41. The molecule has 2 N–H and O–H groups in total. The molecule has 0 fully saturated rings. The maximum absolute atomic E-state index is 12.3. The second-order valence-electron chi connectivity index (χ2n) is 5.00. The normalized spacial score (nSPS) is 14.2. The van der Waals surface area contributed by atoms with E-state index in [2.05, 4.69) is 17.3 Å². The molecule has 1 aromatic rings. The van der Waals surface area contributed by atoms with Crippen LogP contribution < -0.4 is 5.32 Å². The van der Waals surface area contributed by atoms with Gasteiger partial charge >= 0.3 is 0 Å². The van der Waals surface area contributed by atoms with E-state index in [0.29, 0.717) is 12.0 Å². The number of hydrogen-bond donors (Lipinski definition) is 2. The van der Waals surface area contributed by atoms with Gasteiger partial charge in [-0.3, -0.25) is 9.48 Å². The lowest BCUT2D eigenvalue weighted by molar-refractivity contribution is 0.0853. The average molecular weight is 267 g/mol. The molecule has 0 spiro atoms. The Morgan fingerprint density at radius 2 is 2.05 bits per heavy atom. The first-order valence-electron chi connectivity index (χ1n) is 6.95. The van der Waals surface area contributed by atoms with Crippen molar-refractivity contribution in [1.82, 2.24) is 15.1 Å². The summed E-state index contributed by atoms with van der Waals surface area (Å²) in [5.74, 6) is -0.148. The molecule has 19 heavy (non-hydrogen) atoms. The van der Waals surface area contributed by atoms with E-state index >= 15 is 0 Å². The number of carbonyl (C=O) groups is 1. The molecule has 2 unspecified atom stereocenters. The molecule has 1 heterocycles. The Balaban J connectivity index is 2.93. The van der Waals surface area contributed by atoms with Crippen molar-refractivity contribution in [2.24, 2.45) is 0 Å². The van der Waals surface area contributed by atoms with E-state index in [1.165, 1.54) is 0 Å². The monoisotopic (exact) mass is 267 g/mol.